The molecule has 6 nitrogen and oxygen atoms in total. The molecule has 20 heavy (non-hydrogen) atoms. The summed E-state index contributed by atoms with van der Waals surface area (Å²) in [6.07, 6.45) is 6.44. The number of nitro groups is 1. The van der Waals surface area contributed by atoms with Crippen molar-refractivity contribution in [3.63, 3.8) is 0 Å². The lowest BCUT2D eigenvalue weighted by atomic mass is 9.97. The molecular weight excluding hydrogens is 258 g/mol. The quantitative estimate of drug-likeness (QED) is 0.481. The van der Waals surface area contributed by atoms with Crippen LogP contribution in [0.1, 0.15) is 20.3 Å². The molecule has 2 aliphatic rings. The summed E-state index contributed by atoms with van der Waals surface area (Å²) in [6, 6.07) is 0.0366. The zero-order valence-corrected chi connectivity index (χ0v) is 12.1. The first-order valence-electron chi connectivity index (χ1n) is 6.86. The van der Waals surface area contributed by atoms with Crippen LogP contribution in [-0.4, -0.2) is 42.1 Å². The molecule has 0 saturated heterocycles. The highest BCUT2D eigenvalue weighted by Crippen LogP contribution is 2.28. The molecule has 2 rings (SSSR count). The van der Waals surface area contributed by atoms with Crippen LogP contribution in [0.4, 0.5) is 0 Å². The van der Waals surface area contributed by atoms with Gasteiger partial charge in [0.05, 0.1) is 17.1 Å². The van der Waals surface area contributed by atoms with Crippen molar-refractivity contribution in [1.29, 1.82) is 0 Å². The van der Waals surface area contributed by atoms with E-state index in [1.165, 1.54) is 5.57 Å². The van der Waals surface area contributed by atoms with Crippen molar-refractivity contribution < 1.29 is 9.66 Å². The Morgan fingerprint density at radius 3 is 2.85 bits per heavy atom. The van der Waals surface area contributed by atoms with Crippen LogP contribution in [0.25, 0.3) is 0 Å². The van der Waals surface area contributed by atoms with Crippen molar-refractivity contribution in [2.75, 3.05) is 20.1 Å². The standard InChI is InChI=1S/C14H21N3O3/c1-10(2)20-14-13(17(18)19)5-4-12(16(14)3)11-6-8-15-9-7-11/h4-6,10,12,15H,7-9H2,1-3H3. The normalized spacial score (nSPS) is 23.1. The first-order chi connectivity index (χ1) is 9.50. The van der Waals surface area contributed by atoms with E-state index >= 15 is 0 Å². The average molecular weight is 279 g/mol. The lowest BCUT2D eigenvalue weighted by Crippen LogP contribution is -2.39. The lowest BCUT2D eigenvalue weighted by molar-refractivity contribution is -0.424. The fourth-order valence-electron chi connectivity index (χ4n) is 2.48. The van der Waals surface area contributed by atoms with Crippen molar-refractivity contribution in [3.05, 3.63) is 45.5 Å². The number of hydrogen-bond acceptors (Lipinski definition) is 5. The third-order valence-corrected chi connectivity index (χ3v) is 3.42. The number of ether oxygens (including phenoxy) is 1. The summed E-state index contributed by atoms with van der Waals surface area (Å²) in [5.74, 6) is 0.344. The number of likely N-dealkylation sites (N-methyl/N-ethyl adjacent to an activating group) is 1. The molecule has 0 fully saturated rings. The van der Waals surface area contributed by atoms with Gasteiger partial charge in [0.2, 0.25) is 0 Å². The molecule has 0 aliphatic carbocycles. The molecule has 2 aliphatic heterocycles. The highest BCUT2D eigenvalue weighted by atomic mass is 16.6. The van der Waals surface area contributed by atoms with Gasteiger partial charge in [-0.05, 0) is 32.4 Å². The Morgan fingerprint density at radius 1 is 1.55 bits per heavy atom. The van der Waals surface area contributed by atoms with Gasteiger partial charge in [-0.1, -0.05) is 12.2 Å². The fraction of sp³-hybridized carbons (Fsp3) is 0.571. The van der Waals surface area contributed by atoms with E-state index < -0.39 is 4.92 Å². The molecule has 0 spiro atoms. The van der Waals surface area contributed by atoms with E-state index in [2.05, 4.69) is 11.4 Å². The molecule has 0 radical (unpaired) electrons. The molecular formula is C14H21N3O3. The van der Waals surface area contributed by atoms with Crippen LogP contribution in [0.15, 0.2) is 35.4 Å². The van der Waals surface area contributed by atoms with E-state index in [0.717, 1.165) is 19.5 Å². The zero-order valence-electron chi connectivity index (χ0n) is 12.1. The Kier molecular flexibility index (Phi) is 4.44. The topological polar surface area (TPSA) is 67.6 Å². The molecule has 0 aromatic heterocycles. The second-order valence-corrected chi connectivity index (χ2v) is 5.26. The van der Waals surface area contributed by atoms with Gasteiger partial charge in [0, 0.05) is 19.7 Å². The fourth-order valence-corrected chi connectivity index (χ4v) is 2.48. The van der Waals surface area contributed by atoms with Gasteiger partial charge in [0.15, 0.2) is 0 Å². The van der Waals surface area contributed by atoms with E-state index in [0.29, 0.717) is 5.88 Å². The number of nitrogens with zero attached hydrogens (tertiary/aromatic N) is 2. The maximum atomic E-state index is 11.1. The minimum absolute atomic E-state index is 0.0204. The zero-order chi connectivity index (χ0) is 14.7. The predicted octanol–water partition coefficient (Wildman–Crippen LogP) is 1.65. The molecule has 1 atom stereocenters. The number of rotatable bonds is 4. The smallest absolute Gasteiger partial charge is 0.328 e. The van der Waals surface area contributed by atoms with Crippen molar-refractivity contribution >= 4 is 0 Å². The summed E-state index contributed by atoms with van der Waals surface area (Å²) < 4.78 is 5.67. The summed E-state index contributed by atoms with van der Waals surface area (Å²) >= 11 is 0. The molecule has 1 N–H and O–H groups in total. The van der Waals surface area contributed by atoms with Crippen LogP contribution >= 0.6 is 0 Å². The van der Waals surface area contributed by atoms with Crippen LogP contribution in [0.2, 0.25) is 0 Å². The van der Waals surface area contributed by atoms with Crippen molar-refractivity contribution in [3.8, 4) is 0 Å². The summed E-state index contributed by atoms with van der Waals surface area (Å²) in [6.45, 7) is 5.53. The van der Waals surface area contributed by atoms with E-state index in [9.17, 15) is 10.1 Å². The first-order valence-corrected chi connectivity index (χ1v) is 6.86. The third-order valence-electron chi connectivity index (χ3n) is 3.42. The number of hydrogen-bond donors (Lipinski definition) is 1. The van der Waals surface area contributed by atoms with Crippen LogP contribution in [0, 0.1) is 10.1 Å². The molecule has 110 valence electrons. The SMILES string of the molecule is CC(C)OC1=C([N+](=O)[O-])C=CC(C2=CCNCC2)N1C. The molecule has 2 heterocycles. The summed E-state index contributed by atoms with van der Waals surface area (Å²) in [5, 5.41) is 14.4. The van der Waals surface area contributed by atoms with Crippen molar-refractivity contribution in [1.82, 2.24) is 10.2 Å². The number of nitrogens with one attached hydrogen (secondary N) is 1. The van der Waals surface area contributed by atoms with Crippen molar-refractivity contribution in [2.45, 2.75) is 32.4 Å². The molecule has 0 aromatic carbocycles. The van der Waals surface area contributed by atoms with E-state index in [1.54, 1.807) is 6.08 Å². The largest absolute Gasteiger partial charge is 0.471 e. The van der Waals surface area contributed by atoms with Gasteiger partial charge in [-0.2, -0.15) is 0 Å². The van der Waals surface area contributed by atoms with Crippen molar-refractivity contribution in [2.24, 2.45) is 0 Å². The minimum Gasteiger partial charge on any atom is -0.471 e. The minimum atomic E-state index is -0.391. The van der Waals surface area contributed by atoms with Crippen LogP contribution in [-0.2, 0) is 4.74 Å². The molecule has 0 amide bonds. The lowest BCUT2D eigenvalue weighted by Gasteiger charge is -2.34. The third kappa shape index (κ3) is 3.01. The van der Waals surface area contributed by atoms with Gasteiger partial charge in [-0.25, -0.2) is 0 Å². The summed E-state index contributed by atoms with van der Waals surface area (Å²) in [4.78, 5) is 12.6. The highest BCUT2D eigenvalue weighted by molar-refractivity contribution is 5.31. The molecule has 0 saturated carbocycles. The highest BCUT2D eigenvalue weighted by Gasteiger charge is 2.32. The molecule has 0 bridgehead atoms. The second kappa shape index (κ2) is 6.09. The second-order valence-electron chi connectivity index (χ2n) is 5.26. The first kappa shape index (κ1) is 14.6. The van der Waals surface area contributed by atoms with E-state index in [1.807, 2.05) is 31.9 Å². The summed E-state index contributed by atoms with van der Waals surface area (Å²) in [5.41, 5.74) is 1.29. The van der Waals surface area contributed by atoms with Gasteiger partial charge in [0.25, 0.3) is 5.88 Å². The van der Waals surface area contributed by atoms with Gasteiger partial charge in [0.1, 0.15) is 0 Å². The van der Waals surface area contributed by atoms with Gasteiger partial charge in [-0.15, -0.1) is 0 Å². The maximum Gasteiger partial charge on any atom is 0.328 e. The Labute approximate surface area is 118 Å². The number of allylic oxidation sites excluding steroid dienone is 1. The van der Waals surface area contributed by atoms with E-state index in [-0.39, 0.29) is 17.8 Å². The van der Waals surface area contributed by atoms with Crippen LogP contribution in [0.3, 0.4) is 0 Å². The molecule has 0 aromatic rings. The maximum absolute atomic E-state index is 11.1. The molecule has 6 heteroatoms. The van der Waals surface area contributed by atoms with Gasteiger partial charge >= 0.3 is 5.70 Å². The monoisotopic (exact) mass is 279 g/mol. The Morgan fingerprint density at radius 2 is 2.30 bits per heavy atom. The van der Waals surface area contributed by atoms with Gasteiger partial charge < -0.3 is 15.0 Å². The Balaban J connectivity index is 2.29. The summed E-state index contributed by atoms with van der Waals surface area (Å²) in [7, 11) is 1.85. The Bertz CT molecular complexity index is 480. The van der Waals surface area contributed by atoms with Gasteiger partial charge in [-0.3, -0.25) is 10.1 Å². The molecule has 1 unspecified atom stereocenters. The predicted molar refractivity (Wildman–Crippen MR) is 76.5 cm³/mol. The Hall–Kier alpha value is -1.82. The van der Waals surface area contributed by atoms with Crippen LogP contribution in [0.5, 0.6) is 0 Å². The van der Waals surface area contributed by atoms with E-state index in [4.69, 9.17) is 4.74 Å². The van der Waals surface area contributed by atoms with Crippen LogP contribution < -0.4 is 5.32 Å². The average Bonchev–Trinajstić information content (AvgIpc) is 2.41.